The Labute approximate surface area is 95.0 Å². The molecule has 0 spiro atoms. The Hall–Kier alpha value is -0.970. The van der Waals surface area contributed by atoms with Crippen molar-refractivity contribution < 1.29 is 4.39 Å². The summed E-state index contributed by atoms with van der Waals surface area (Å²) in [5.74, 6) is 1.93. The summed E-state index contributed by atoms with van der Waals surface area (Å²) in [7, 11) is 0. The third kappa shape index (κ3) is 1.96. The fraction of sp³-hybridized carbons (Fsp3) is 0.818. The van der Waals surface area contributed by atoms with Gasteiger partial charge >= 0.3 is 0 Å². The van der Waals surface area contributed by atoms with E-state index in [4.69, 9.17) is 5.73 Å². The zero-order valence-electron chi connectivity index (χ0n) is 9.86. The van der Waals surface area contributed by atoms with Crippen LogP contribution in [0.3, 0.4) is 0 Å². The fourth-order valence-electron chi connectivity index (χ4n) is 2.25. The van der Waals surface area contributed by atoms with Crippen LogP contribution in [-0.4, -0.2) is 20.9 Å². The second-order valence-electron chi connectivity index (χ2n) is 4.46. The SMILES string of the molecule is CCC(CC)c1nc2n(n1)CC(F)CC2N. The van der Waals surface area contributed by atoms with Crippen molar-refractivity contribution in [2.75, 3.05) is 0 Å². The Morgan fingerprint density at radius 3 is 2.81 bits per heavy atom. The molecule has 5 heteroatoms. The zero-order chi connectivity index (χ0) is 11.7. The molecule has 2 atom stereocenters. The van der Waals surface area contributed by atoms with Gasteiger partial charge < -0.3 is 5.73 Å². The average molecular weight is 226 g/mol. The summed E-state index contributed by atoms with van der Waals surface area (Å²) in [6.07, 6.45) is 1.49. The third-order valence-corrected chi connectivity index (χ3v) is 3.28. The van der Waals surface area contributed by atoms with Gasteiger partial charge in [-0.05, 0) is 12.8 Å². The van der Waals surface area contributed by atoms with E-state index in [1.165, 1.54) is 0 Å². The van der Waals surface area contributed by atoms with Gasteiger partial charge in [0.1, 0.15) is 12.0 Å². The number of alkyl halides is 1. The first-order chi connectivity index (χ1) is 7.65. The van der Waals surface area contributed by atoms with Crippen molar-refractivity contribution in [1.82, 2.24) is 14.8 Å². The summed E-state index contributed by atoms with van der Waals surface area (Å²) in [5.41, 5.74) is 5.87. The van der Waals surface area contributed by atoms with Gasteiger partial charge in [0.05, 0.1) is 12.6 Å². The van der Waals surface area contributed by atoms with Crippen molar-refractivity contribution in [3.05, 3.63) is 11.6 Å². The van der Waals surface area contributed by atoms with Crippen LogP contribution >= 0.6 is 0 Å². The number of hydrogen-bond acceptors (Lipinski definition) is 3. The highest BCUT2D eigenvalue weighted by Crippen LogP contribution is 2.26. The first-order valence-electron chi connectivity index (χ1n) is 6.00. The van der Waals surface area contributed by atoms with Crippen molar-refractivity contribution in [2.24, 2.45) is 5.73 Å². The molecule has 0 saturated carbocycles. The molecular formula is C11H19FN4. The zero-order valence-corrected chi connectivity index (χ0v) is 9.86. The maximum atomic E-state index is 13.3. The molecule has 1 aliphatic rings. The van der Waals surface area contributed by atoms with Crippen molar-refractivity contribution >= 4 is 0 Å². The number of aromatic nitrogens is 3. The minimum atomic E-state index is -0.890. The number of nitrogens with zero attached hydrogens (tertiary/aromatic N) is 3. The summed E-state index contributed by atoms with van der Waals surface area (Å²) in [6, 6.07) is -0.306. The van der Waals surface area contributed by atoms with Crippen LogP contribution in [0.4, 0.5) is 4.39 Å². The van der Waals surface area contributed by atoms with Crippen LogP contribution in [0.25, 0.3) is 0 Å². The minimum Gasteiger partial charge on any atom is -0.321 e. The minimum absolute atomic E-state index is 0.302. The van der Waals surface area contributed by atoms with Gasteiger partial charge in [0.15, 0.2) is 5.82 Å². The molecule has 0 amide bonds. The number of rotatable bonds is 3. The van der Waals surface area contributed by atoms with E-state index in [0.29, 0.717) is 18.9 Å². The Kier molecular flexibility index (Phi) is 3.23. The standard InChI is InChI=1S/C11H19FN4/c1-3-7(4-2)10-14-11-9(13)5-8(12)6-16(11)15-10/h7-9H,3-6,13H2,1-2H3. The second kappa shape index (κ2) is 4.49. The lowest BCUT2D eigenvalue weighted by atomic mass is 10.0. The molecule has 1 aromatic heterocycles. The third-order valence-electron chi connectivity index (χ3n) is 3.28. The Balaban J connectivity index is 2.29. The van der Waals surface area contributed by atoms with Crippen molar-refractivity contribution in [2.45, 2.75) is 57.8 Å². The van der Waals surface area contributed by atoms with Gasteiger partial charge in [0.25, 0.3) is 0 Å². The summed E-state index contributed by atoms with van der Waals surface area (Å²) in [6.45, 7) is 4.54. The molecule has 2 N–H and O–H groups in total. The van der Waals surface area contributed by atoms with Crippen molar-refractivity contribution in [3.63, 3.8) is 0 Å². The molecule has 4 nitrogen and oxygen atoms in total. The average Bonchev–Trinajstić information content (AvgIpc) is 2.63. The molecule has 90 valence electrons. The molecule has 1 aromatic rings. The van der Waals surface area contributed by atoms with Crippen LogP contribution in [0.5, 0.6) is 0 Å². The normalized spacial score (nSPS) is 24.8. The quantitative estimate of drug-likeness (QED) is 0.856. The maximum absolute atomic E-state index is 13.3. The van der Waals surface area contributed by atoms with E-state index in [-0.39, 0.29) is 6.04 Å². The molecule has 0 aliphatic carbocycles. The first kappa shape index (κ1) is 11.5. The molecule has 0 fully saturated rings. The second-order valence-corrected chi connectivity index (χ2v) is 4.46. The van der Waals surface area contributed by atoms with E-state index in [9.17, 15) is 4.39 Å². The monoisotopic (exact) mass is 226 g/mol. The summed E-state index contributed by atoms with van der Waals surface area (Å²) >= 11 is 0. The molecular weight excluding hydrogens is 207 g/mol. The molecule has 2 unspecified atom stereocenters. The molecule has 0 saturated heterocycles. The summed E-state index contributed by atoms with van der Waals surface area (Å²) < 4.78 is 15.0. The topological polar surface area (TPSA) is 56.7 Å². The highest BCUT2D eigenvalue weighted by molar-refractivity contribution is 5.05. The predicted molar refractivity (Wildman–Crippen MR) is 59.8 cm³/mol. The predicted octanol–water partition coefficient (Wildman–Crippen LogP) is 1.92. The number of nitrogens with two attached hydrogens (primary N) is 1. The highest BCUT2D eigenvalue weighted by atomic mass is 19.1. The number of halogens is 1. The van der Waals surface area contributed by atoms with E-state index in [2.05, 4.69) is 23.9 Å². The van der Waals surface area contributed by atoms with Gasteiger partial charge in [-0.3, -0.25) is 0 Å². The lowest BCUT2D eigenvalue weighted by molar-refractivity contribution is 0.219. The van der Waals surface area contributed by atoms with Crippen LogP contribution in [-0.2, 0) is 6.54 Å². The maximum Gasteiger partial charge on any atom is 0.154 e. The Morgan fingerprint density at radius 1 is 1.50 bits per heavy atom. The van der Waals surface area contributed by atoms with E-state index >= 15 is 0 Å². The largest absolute Gasteiger partial charge is 0.321 e. The van der Waals surface area contributed by atoms with E-state index in [1.54, 1.807) is 4.68 Å². The molecule has 1 aliphatic heterocycles. The van der Waals surface area contributed by atoms with E-state index in [0.717, 1.165) is 24.5 Å². The lowest BCUT2D eigenvalue weighted by Gasteiger charge is -2.21. The molecule has 2 heterocycles. The van der Waals surface area contributed by atoms with Gasteiger partial charge in [-0.25, -0.2) is 14.1 Å². The number of hydrogen-bond donors (Lipinski definition) is 1. The summed E-state index contributed by atoms with van der Waals surface area (Å²) in [4.78, 5) is 4.47. The molecule has 16 heavy (non-hydrogen) atoms. The molecule has 0 radical (unpaired) electrons. The van der Waals surface area contributed by atoms with Crippen LogP contribution < -0.4 is 5.73 Å². The molecule has 2 rings (SSSR count). The van der Waals surface area contributed by atoms with Crippen LogP contribution in [0.2, 0.25) is 0 Å². The molecule has 0 bridgehead atoms. The van der Waals surface area contributed by atoms with Crippen LogP contribution in [0.1, 0.15) is 56.7 Å². The number of fused-ring (bicyclic) bond motifs is 1. The summed E-state index contributed by atoms with van der Waals surface area (Å²) in [5, 5.41) is 4.38. The van der Waals surface area contributed by atoms with Gasteiger partial charge in [-0.1, -0.05) is 13.8 Å². The van der Waals surface area contributed by atoms with E-state index in [1.807, 2.05) is 0 Å². The molecule has 0 aromatic carbocycles. The van der Waals surface area contributed by atoms with Gasteiger partial charge in [-0.2, -0.15) is 5.10 Å². The Morgan fingerprint density at radius 2 is 2.19 bits per heavy atom. The van der Waals surface area contributed by atoms with Gasteiger partial charge in [0, 0.05) is 12.3 Å². The van der Waals surface area contributed by atoms with Crippen molar-refractivity contribution in [1.29, 1.82) is 0 Å². The van der Waals surface area contributed by atoms with Crippen molar-refractivity contribution in [3.8, 4) is 0 Å². The first-order valence-corrected chi connectivity index (χ1v) is 6.00. The van der Waals surface area contributed by atoms with Gasteiger partial charge in [0.2, 0.25) is 0 Å². The smallest absolute Gasteiger partial charge is 0.154 e. The van der Waals surface area contributed by atoms with Crippen LogP contribution in [0.15, 0.2) is 0 Å². The van der Waals surface area contributed by atoms with E-state index < -0.39 is 6.17 Å². The van der Waals surface area contributed by atoms with Crippen LogP contribution in [0, 0.1) is 0 Å². The van der Waals surface area contributed by atoms with Gasteiger partial charge in [-0.15, -0.1) is 0 Å². The Bertz CT molecular complexity index is 359. The lowest BCUT2D eigenvalue weighted by Crippen LogP contribution is -2.30. The fourth-order valence-corrected chi connectivity index (χ4v) is 2.25. The highest BCUT2D eigenvalue weighted by Gasteiger charge is 2.28.